The quantitative estimate of drug-likeness (QED) is 0.853. The van der Waals surface area contributed by atoms with E-state index < -0.39 is 5.97 Å². The van der Waals surface area contributed by atoms with Gasteiger partial charge in [-0.2, -0.15) is 5.10 Å². The third-order valence-electron chi connectivity index (χ3n) is 4.98. The average Bonchev–Trinajstić information content (AvgIpc) is 3.21. The second kappa shape index (κ2) is 6.29. The summed E-state index contributed by atoms with van der Waals surface area (Å²) in [5.74, 6) is -1.23. The van der Waals surface area contributed by atoms with Crippen LogP contribution in [0, 0.1) is 0 Å². The third-order valence-corrected chi connectivity index (χ3v) is 4.98. The molecule has 0 spiro atoms. The number of benzene rings is 1. The highest BCUT2D eigenvalue weighted by Gasteiger charge is 2.30. The third kappa shape index (κ3) is 2.73. The molecule has 0 radical (unpaired) electrons. The summed E-state index contributed by atoms with van der Waals surface area (Å²) in [5.41, 5.74) is 3.00. The number of fused-ring (bicyclic) bond motifs is 2. The Bertz CT molecular complexity index is 904. The van der Waals surface area contributed by atoms with Gasteiger partial charge in [-0.3, -0.25) is 14.7 Å². The normalized spacial score (nSPS) is 15.8. The molecule has 2 amide bonds. The maximum Gasteiger partial charge on any atom is 0.356 e. The molecule has 0 fully saturated rings. The molecular weight excluding hydrogens is 336 g/mol. The first-order valence-corrected chi connectivity index (χ1v) is 8.49. The number of rotatable bonds is 4. The molecule has 1 aromatic heterocycles. The Morgan fingerprint density at radius 2 is 2.04 bits per heavy atom. The summed E-state index contributed by atoms with van der Waals surface area (Å²) in [6.07, 6.45) is 0.769. The van der Waals surface area contributed by atoms with Gasteiger partial charge in [0.1, 0.15) is 0 Å². The van der Waals surface area contributed by atoms with Crippen molar-refractivity contribution in [3.8, 4) is 0 Å². The van der Waals surface area contributed by atoms with Gasteiger partial charge in [-0.05, 0) is 11.6 Å². The van der Waals surface area contributed by atoms with Crippen LogP contribution in [0.15, 0.2) is 24.3 Å². The molecule has 8 heteroatoms. The summed E-state index contributed by atoms with van der Waals surface area (Å²) in [7, 11) is 0. The summed E-state index contributed by atoms with van der Waals surface area (Å²) in [4.78, 5) is 39.5. The average molecular weight is 354 g/mol. The Hall–Kier alpha value is -3.16. The predicted octanol–water partition coefficient (Wildman–Crippen LogP) is 1.04. The van der Waals surface area contributed by atoms with Crippen LogP contribution in [0.1, 0.15) is 44.1 Å². The molecule has 0 saturated carbocycles. The van der Waals surface area contributed by atoms with Crippen LogP contribution in [0.5, 0.6) is 0 Å². The second-order valence-electron chi connectivity index (χ2n) is 6.53. The van der Waals surface area contributed by atoms with Gasteiger partial charge in [-0.15, -0.1) is 0 Å². The minimum absolute atomic E-state index is 0.0253. The summed E-state index contributed by atoms with van der Waals surface area (Å²) in [6, 6.07) is 7.46. The topological polar surface area (TPSA) is 107 Å². The number of carboxylic acid groups (broad SMARTS) is 1. The van der Waals surface area contributed by atoms with E-state index in [1.165, 1.54) is 0 Å². The summed E-state index contributed by atoms with van der Waals surface area (Å²) in [5, 5.41) is 15.7. The number of carbonyl (C=O) groups excluding carboxylic acids is 2. The molecule has 2 aromatic rings. The Labute approximate surface area is 149 Å². The van der Waals surface area contributed by atoms with Crippen LogP contribution in [-0.2, 0) is 24.3 Å². The van der Waals surface area contributed by atoms with E-state index in [1.54, 1.807) is 15.9 Å². The molecule has 0 aliphatic carbocycles. The molecule has 8 nitrogen and oxygen atoms in total. The zero-order valence-electron chi connectivity index (χ0n) is 14.1. The van der Waals surface area contributed by atoms with E-state index in [0.717, 1.165) is 11.3 Å². The van der Waals surface area contributed by atoms with Gasteiger partial charge in [0.25, 0.3) is 5.91 Å². The van der Waals surface area contributed by atoms with Gasteiger partial charge in [0.2, 0.25) is 5.91 Å². The Balaban J connectivity index is 1.38. The van der Waals surface area contributed by atoms with E-state index in [9.17, 15) is 19.5 Å². The van der Waals surface area contributed by atoms with Crippen molar-refractivity contribution in [1.82, 2.24) is 20.0 Å². The van der Waals surface area contributed by atoms with Crippen LogP contribution in [0.4, 0.5) is 0 Å². The van der Waals surface area contributed by atoms with E-state index >= 15 is 0 Å². The molecule has 1 aromatic carbocycles. The van der Waals surface area contributed by atoms with Crippen molar-refractivity contribution in [2.45, 2.75) is 25.9 Å². The Morgan fingerprint density at radius 1 is 1.23 bits per heavy atom. The van der Waals surface area contributed by atoms with E-state index in [4.69, 9.17) is 0 Å². The molecule has 2 aliphatic rings. The summed E-state index contributed by atoms with van der Waals surface area (Å²) < 4.78 is 0. The van der Waals surface area contributed by atoms with Crippen molar-refractivity contribution in [2.24, 2.45) is 0 Å². The van der Waals surface area contributed by atoms with Gasteiger partial charge in [0, 0.05) is 55.8 Å². The number of aromatic carboxylic acids is 1. The molecule has 4 rings (SSSR count). The molecule has 134 valence electrons. The first-order valence-electron chi connectivity index (χ1n) is 8.49. The highest BCUT2D eigenvalue weighted by Crippen LogP contribution is 2.24. The fraction of sp³-hybridized carbons (Fsp3) is 0.333. The van der Waals surface area contributed by atoms with Crippen molar-refractivity contribution in [3.05, 3.63) is 52.3 Å². The number of aromatic nitrogens is 2. The van der Waals surface area contributed by atoms with Crippen molar-refractivity contribution in [3.63, 3.8) is 0 Å². The van der Waals surface area contributed by atoms with Gasteiger partial charge >= 0.3 is 5.97 Å². The van der Waals surface area contributed by atoms with Crippen molar-refractivity contribution >= 4 is 17.8 Å². The predicted molar refractivity (Wildman–Crippen MR) is 90.5 cm³/mol. The zero-order chi connectivity index (χ0) is 18.3. The van der Waals surface area contributed by atoms with Crippen molar-refractivity contribution in [2.75, 3.05) is 13.1 Å². The van der Waals surface area contributed by atoms with Gasteiger partial charge in [0.05, 0.1) is 0 Å². The van der Waals surface area contributed by atoms with Gasteiger partial charge < -0.3 is 14.9 Å². The number of nitrogens with one attached hydrogen (secondary N) is 1. The minimum Gasteiger partial charge on any atom is -0.476 e. The SMILES string of the molecule is O=C(O)c1n[nH]c2c1CN(C(=O)CCN1Cc3ccccc3C1=O)CC2. The number of carbonyl (C=O) groups is 3. The lowest BCUT2D eigenvalue weighted by Gasteiger charge is -2.27. The highest BCUT2D eigenvalue weighted by atomic mass is 16.4. The largest absolute Gasteiger partial charge is 0.476 e. The second-order valence-corrected chi connectivity index (χ2v) is 6.53. The molecule has 2 N–H and O–H groups in total. The van der Waals surface area contributed by atoms with Crippen molar-refractivity contribution in [1.29, 1.82) is 0 Å². The fourth-order valence-electron chi connectivity index (χ4n) is 3.57. The zero-order valence-corrected chi connectivity index (χ0v) is 14.1. The summed E-state index contributed by atoms with van der Waals surface area (Å²) >= 11 is 0. The lowest BCUT2D eigenvalue weighted by molar-refractivity contribution is -0.132. The summed E-state index contributed by atoms with van der Waals surface area (Å²) in [6.45, 7) is 1.63. The smallest absolute Gasteiger partial charge is 0.356 e. The molecule has 0 atom stereocenters. The van der Waals surface area contributed by atoms with Crippen LogP contribution < -0.4 is 0 Å². The van der Waals surface area contributed by atoms with E-state index in [2.05, 4.69) is 10.2 Å². The lowest BCUT2D eigenvalue weighted by atomic mass is 10.0. The van der Waals surface area contributed by atoms with Gasteiger partial charge in [-0.25, -0.2) is 4.79 Å². The molecule has 26 heavy (non-hydrogen) atoms. The van der Waals surface area contributed by atoms with Crippen LogP contribution in [0.25, 0.3) is 0 Å². The molecule has 2 aliphatic heterocycles. The van der Waals surface area contributed by atoms with Crippen LogP contribution in [0.2, 0.25) is 0 Å². The molecule has 0 unspecified atom stereocenters. The number of aromatic amines is 1. The van der Waals surface area contributed by atoms with Crippen LogP contribution in [-0.4, -0.2) is 56.0 Å². The Morgan fingerprint density at radius 3 is 2.81 bits per heavy atom. The first-order chi connectivity index (χ1) is 12.5. The number of H-pyrrole nitrogens is 1. The molecule has 0 saturated heterocycles. The van der Waals surface area contributed by atoms with E-state index in [1.807, 2.05) is 18.2 Å². The van der Waals surface area contributed by atoms with Crippen LogP contribution in [0.3, 0.4) is 0 Å². The van der Waals surface area contributed by atoms with E-state index in [-0.39, 0.29) is 30.5 Å². The molecule has 0 bridgehead atoms. The molecule has 3 heterocycles. The fourth-order valence-corrected chi connectivity index (χ4v) is 3.57. The highest BCUT2D eigenvalue weighted by molar-refractivity contribution is 5.98. The maximum absolute atomic E-state index is 12.6. The number of amides is 2. The Kier molecular flexibility index (Phi) is 3.95. The number of nitrogens with zero attached hydrogens (tertiary/aromatic N) is 3. The first kappa shape index (κ1) is 16.3. The number of hydrogen-bond acceptors (Lipinski definition) is 4. The maximum atomic E-state index is 12.6. The number of carboxylic acids is 1. The molecular formula is C18H18N4O4. The van der Waals surface area contributed by atoms with Gasteiger partial charge in [-0.1, -0.05) is 18.2 Å². The lowest BCUT2D eigenvalue weighted by Crippen LogP contribution is -2.38. The van der Waals surface area contributed by atoms with Crippen LogP contribution >= 0.6 is 0 Å². The standard InChI is InChI=1S/C18H18N4O4/c23-15(6-8-22-9-11-3-1-2-4-12(11)17(22)24)21-7-5-14-13(10-21)16(18(25)26)20-19-14/h1-4H,5-10H2,(H,19,20)(H,25,26). The van der Waals surface area contributed by atoms with Gasteiger partial charge in [0.15, 0.2) is 5.69 Å². The van der Waals surface area contributed by atoms with Crippen molar-refractivity contribution < 1.29 is 19.5 Å². The minimum atomic E-state index is -1.10. The monoisotopic (exact) mass is 354 g/mol. The van der Waals surface area contributed by atoms with E-state index in [0.29, 0.717) is 37.2 Å². The number of hydrogen-bond donors (Lipinski definition) is 2.